The lowest BCUT2D eigenvalue weighted by Crippen LogP contribution is -2.27. The molecule has 0 amide bonds. The topological polar surface area (TPSA) is 3.24 Å². The van der Waals surface area contributed by atoms with Crippen molar-refractivity contribution in [1.29, 1.82) is 0 Å². The van der Waals surface area contributed by atoms with E-state index >= 15 is 0 Å². The molecule has 0 saturated carbocycles. The van der Waals surface area contributed by atoms with Gasteiger partial charge in [-0.15, -0.1) is 0 Å². The standard InChI is InChI=1S/C17H21N/c1-5-14(4)18(6-2)17-13(3)11-12-15-9-7-8-10-16(15)17/h6-12,14H,2,5H2,1,3-4H3. The van der Waals surface area contributed by atoms with Gasteiger partial charge in [-0.1, -0.05) is 49.9 Å². The zero-order valence-electron chi connectivity index (χ0n) is 11.5. The number of rotatable bonds is 4. The summed E-state index contributed by atoms with van der Waals surface area (Å²) < 4.78 is 0. The van der Waals surface area contributed by atoms with Crippen LogP contribution in [0.2, 0.25) is 0 Å². The Bertz CT molecular complexity index is 557. The second-order valence-electron chi connectivity index (χ2n) is 4.80. The van der Waals surface area contributed by atoms with Crippen LogP contribution in [-0.4, -0.2) is 6.04 Å². The normalized spacial score (nSPS) is 12.4. The molecule has 0 spiro atoms. The largest absolute Gasteiger partial charge is 0.345 e. The molecule has 0 aliphatic heterocycles. The summed E-state index contributed by atoms with van der Waals surface area (Å²) in [6, 6.07) is 13.4. The predicted octanol–water partition coefficient (Wildman–Crippen LogP) is 4.90. The minimum atomic E-state index is 0.465. The number of fused-ring (bicyclic) bond motifs is 1. The SMILES string of the molecule is C=CN(c1c(C)ccc2ccccc12)C(C)CC. The van der Waals surface area contributed by atoms with Gasteiger partial charge in [0.1, 0.15) is 0 Å². The van der Waals surface area contributed by atoms with Crippen molar-refractivity contribution in [2.24, 2.45) is 0 Å². The van der Waals surface area contributed by atoms with Gasteiger partial charge in [-0.25, -0.2) is 0 Å². The fourth-order valence-corrected chi connectivity index (χ4v) is 2.40. The lowest BCUT2D eigenvalue weighted by molar-refractivity contribution is 0.684. The Kier molecular flexibility index (Phi) is 3.71. The molecule has 0 N–H and O–H groups in total. The van der Waals surface area contributed by atoms with E-state index in [0.29, 0.717) is 6.04 Å². The van der Waals surface area contributed by atoms with Crippen LogP contribution < -0.4 is 4.90 Å². The maximum Gasteiger partial charge on any atom is 0.0517 e. The molecule has 1 nitrogen and oxygen atoms in total. The second kappa shape index (κ2) is 5.26. The minimum Gasteiger partial charge on any atom is -0.345 e. The van der Waals surface area contributed by atoms with E-state index in [-0.39, 0.29) is 0 Å². The molecule has 2 aromatic carbocycles. The molecule has 0 aliphatic rings. The van der Waals surface area contributed by atoms with Gasteiger partial charge in [0, 0.05) is 11.4 Å². The van der Waals surface area contributed by atoms with E-state index in [0.717, 1.165) is 6.42 Å². The van der Waals surface area contributed by atoms with Gasteiger partial charge in [0.15, 0.2) is 0 Å². The van der Waals surface area contributed by atoms with Gasteiger partial charge >= 0.3 is 0 Å². The van der Waals surface area contributed by atoms with Crippen LogP contribution in [-0.2, 0) is 0 Å². The number of anilines is 1. The Morgan fingerprint density at radius 2 is 1.94 bits per heavy atom. The maximum absolute atomic E-state index is 3.98. The summed E-state index contributed by atoms with van der Waals surface area (Å²) in [5.41, 5.74) is 2.59. The summed E-state index contributed by atoms with van der Waals surface area (Å²) in [6.45, 7) is 10.6. The van der Waals surface area contributed by atoms with E-state index in [1.807, 2.05) is 6.20 Å². The third-order valence-corrected chi connectivity index (χ3v) is 3.62. The van der Waals surface area contributed by atoms with Crippen molar-refractivity contribution in [3.05, 3.63) is 54.7 Å². The lowest BCUT2D eigenvalue weighted by atomic mass is 10.0. The van der Waals surface area contributed by atoms with Crippen LogP contribution in [0.5, 0.6) is 0 Å². The molecule has 0 aliphatic carbocycles. The van der Waals surface area contributed by atoms with Gasteiger partial charge in [-0.3, -0.25) is 0 Å². The molecule has 94 valence electrons. The number of benzene rings is 2. The summed E-state index contributed by atoms with van der Waals surface area (Å²) in [5.74, 6) is 0. The van der Waals surface area contributed by atoms with Crippen molar-refractivity contribution in [1.82, 2.24) is 0 Å². The maximum atomic E-state index is 3.98. The highest BCUT2D eigenvalue weighted by molar-refractivity contribution is 5.96. The Labute approximate surface area is 110 Å². The van der Waals surface area contributed by atoms with Gasteiger partial charge in [0.25, 0.3) is 0 Å². The van der Waals surface area contributed by atoms with Gasteiger partial charge in [-0.2, -0.15) is 0 Å². The van der Waals surface area contributed by atoms with Crippen LogP contribution >= 0.6 is 0 Å². The third kappa shape index (κ3) is 2.13. The molecule has 1 heteroatoms. The first-order chi connectivity index (χ1) is 8.69. The predicted molar refractivity (Wildman–Crippen MR) is 81.1 cm³/mol. The molecule has 0 bridgehead atoms. The summed E-state index contributed by atoms with van der Waals surface area (Å²) >= 11 is 0. The van der Waals surface area contributed by atoms with Crippen molar-refractivity contribution in [2.45, 2.75) is 33.2 Å². The van der Waals surface area contributed by atoms with E-state index in [1.165, 1.54) is 22.0 Å². The van der Waals surface area contributed by atoms with Crippen LogP contribution in [0.25, 0.3) is 10.8 Å². The number of hydrogen-bond donors (Lipinski definition) is 0. The molecule has 1 unspecified atom stereocenters. The zero-order valence-corrected chi connectivity index (χ0v) is 11.5. The molecule has 0 fully saturated rings. The van der Waals surface area contributed by atoms with E-state index < -0.39 is 0 Å². The van der Waals surface area contributed by atoms with E-state index in [4.69, 9.17) is 0 Å². The molecule has 0 aromatic heterocycles. The monoisotopic (exact) mass is 239 g/mol. The Balaban J connectivity index is 2.67. The quantitative estimate of drug-likeness (QED) is 0.733. The van der Waals surface area contributed by atoms with E-state index in [1.54, 1.807) is 0 Å². The highest BCUT2D eigenvalue weighted by Crippen LogP contribution is 2.32. The van der Waals surface area contributed by atoms with Crippen molar-refractivity contribution in [2.75, 3.05) is 4.90 Å². The first kappa shape index (κ1) is 12.7. The average Bonchev–Trinajstić information content (AvgIpc) is 2.41. The van der Waals surface area contributed by atoms with Crippen molar-refractivity contribution >= 4 is 16.5 Å². The van der Waals surface area contributed by atoms with Gasteiger partial charge in [0.05, 0.1) is 5.69 Å². The average molecular weight is 239 g/mol. The van der Waals surface area contributed by atoms with Gasteiger partial charge in [-0.05, 0) is 37.4 Å². The minimum absolute atomic E-state index is 0.465. The Hall–Kier alpha value is -1.76. The number of hydrogen-bond acceptors (Lipinski definition) is 1. The molecule has 2 rings (SSSR count). The molecule has 1 atom stereocenters. The highest BCUT2D eigenvalue weighted by atomic mass is 15.1. The van der Waals surface area contributed by atoms with Crippen LogP contribution in [0.1, 0.15) is 25.8 Å². The van der Waals surface area contributed by atoms with Crippen molar-refractivity contribution < 1.29 is 0 Å². The molecule has 0 saturated heterocycles. The summed E-state index contributed by atoms with van der Waals surface area (Å²) in [5, 5.41) is 2.59. The Morgan fingerprint density at radius 3 is 2.61 bits per heavy atom. The van der Waals surface area contributed by atoms with Crippen molar-refractivity contribution in [3.63, 3.8) is 0 Å². The van der Waals surface area contributed by atoms with Gasteiger partial charge < -0.3 is 4.90 Å². The number of aryl methyl sites for hydroxylation is 1. The van der Waals surface area contributed by atoms with Gasteiger partial charge in [0.2, 0.25) is 0 Å². The highest BCUT2D eigenvalue weighted by Gasteiger charge is 2.14. The summed E-state index contributed by atoms with van der Waals surface area (Å²) in [4.78, 5) is 2.29. The summed E-state index contributed by atoms with van der Waals surface area (Å²) in [6.07, 6.45) is 3.05. The first-order valence-corrected chi connectivity index (χ1v) is 6.58. The molecular weight excluding hydrogens is 218 g/mol. The van der Waals surface area contributed by atoms with Crippen molar-refractivity contribution in [3.8, 4) is 0 Å². The fourth-order valence-electron chi connectivity index (χ4n) is 2.40. The molecular formula is C17H21N. The summed E-state index contributed by atoms with van der Waals surface area (Å²) in [7, 11) is 0. The Morgan fingerprint density at radius 1 is 1.22 bits per heavy atom. The fraction of sp³-hybridized carbons (Fsp3) is 0.294. The lowest BCUT2D eigenvalue weighted by Gasteiger charge is -2.29. The van der Waals surface area contributed by atoms with Crippen LogP contribution in [0.4, 0.5) is 5.69 Å². The smallest absolute Gasteiger partial charge is 0.0517 e. The third-order valence-electron chi connectivity index (χ3n) is 3.62. The van der Waals surface area contributed by atoms with E-state index in [2.05, 4.69) is 68.6 Å². The van der Waals surface area contributed by atoms with Crippen LogP contribution in [0, 0.1) is 6.92 Å². The molecule has 2 aromatic rings. The van der Waals surface area contributed by atoms with Crippen LogP contribution in [0.15, 0.2) is 49.2 Å². The zero-order chi connectivity index (χ0) is 13.1. The second-order valence-corrected chi connectivity index (χ2v) is 4.80. The number of nitrogens with zero attached hydrogens (tertiary/aromatic N) is 1. The molecule has 0 heterocycles. The first-order valence-electron chi connectivity index (χ1n) is 6.58. The van der Waals surface area contributed by atoms with E-state index in [9.17, 15) is 0 Å². The van der Waals surface area contributed by atoms with Crippen LogP contribution in [0.3, 0.4) is 0 Å². The molecule has 0 radical (unpaired) electrons. The molecule has 18 heavy (non-hydrogen) atoms.